The molecule has 0 atom stereocenters. The van der Waals surface area contributed by atoms with Gasteiger partial charge in [-0.1, -0.05) is 29.8 Å². The monoisotopic (exact) mass is 332 g/mol. The first-order chi connectivity index (χ1) is 11.1. The molecule has 0 aliphatic rings. The van der Waals surface area contributed by atoms with E-state index in [2.05, 4.69) is 0 Å². The minimum atomic E-state index is -0.391. The maximum absolute atomic E-state index is 12.0. The lowest BCUT2D eigenvalue weighted by molar-refractivity contribution is 0.203. The van der Waals surface area contributed by atoms with Gasteiger partial charge >= 0.3 is 5.76 Å². The molecule has 23 heavy (non-hydrogen) atoms. The number of likely N-dealkylation sites (N-methyl/N-ethyl adjacent to an activating group) is 1. The summed E-state index contributed by atoms with van der Waals surface area (Å²) in [5, 5.41) is 0.544. The first-order valence-corrected chi connectivity index (χ1v) is 7.66. The highest BCUT2D eigenvalue weighted by Crippen LogP contribution is 2.18. The molecule has 0 bridgehead atoms. The van der Waals surface area contributed by atoms with Crippen molar-refractivity contribution in [2.75, 3.05) is 20.2 Å². The summed E-state index contributed by atoms with van der Waals surface area (Å²) in [7, 11) is 1.93. The fraction of sp³-hybridized carbons (Fsp3) is 0.235. The zero-order chi connectivity index (χ0) is 16.2. The van der Waals surface area contributed by atoms with Crippen molar-refractivity contribution in [3.63, 3.8) is 0 Å². The molecule has 2 aromatic carbocycles. The number of benzene rings is 2. The Bertz CT molecular complexity index is 842. The van der Waals surface area contributed by atoms with Crippen LogP contribution in [0.2, 0.25) is 5.02 Å². The predicted molar refractivity (Wildman–Crippen MR) is 90.1 cm³/mol. The van der Waals surface area contributed by atoms with E-state index in [-0.39, 0.29) is 0 Å². The van der Waals surface area contributed by atoms with Gasteiger partial charge in [-0.2, -0.15) is 0 Å². The number of para-hydroxylation sites is 1. The lowest BCUT2D eigenvalue weighted by atomic mass is 10.3. The highest BCUT2D eigenvalue weighted by molar-refractivity contribution is 6.31. The summed E-state index contributed by atoms with van der Waals surface area (Å²) >= 11 is 5.91. The van der Waals surface area contributed by atoms with Crippen molar-refractivity contribution in [1.82, 2.24) is 9.47 Å². The lowest BCUT2D eigenvalue weighted by Crippen LogP contribution is -2.30. The van der Waals surface area contributed by atoms with Gasteiger partial charge in [0.05, 0.1) is 12.2 Å². The molecule has 6 heteroatoms. The Morgan fingerprint density at radius 1 is 1.22 bits per heavy atom. The molecule has 0 fully saturated rings. The maximum atomic E-state index is 12.0. The Morgan fingerprint density at radius 2 is 2.00 bits per heavy atom. The number of oxazole rings is 1. The third-order valence-electron chi connectivity index (χ3n) is 3.50. The third kappa shape index (κ3) is 3.75. The van der Waals surface area contributed by atoms with Gasteiger partial charge in [-0.3, -0.25) is 9.47 Å². The Kier molecular flexibility index (Phi) is 4.69. The van der Waals surface area contributed by atoms with Crippen LogP contribution in [0.25, 0.3) is 11.1 Å². The lowest BCUT2D eigenvalue weighted by Gasteiger charge is -2.17. The Hall–Kier alpha value is -2.24. The minimum Gasteiger partial charge on any atom is -0.492 e. The summed E-state index contributed by atoms with van der Waals surface area (Å²) in [6, 6.07) is 14.8. The van der Waals surface area contributed by atoms with E-state index in [9.17, 15) is 4.79 Å². The first kappa shape index (κ1) is 15.6. The van der Waals surface area contributed by atoms with Crippen LogP contribution in [0.4, 0.5) is 0 Å². The van der Waals surface area contributed by atoms with Crippen LogP contribution in [-0.2, 0) is 6.67 Å². The van der Waals surface area contributed by atoms with Crippen LogP contribution in [-0.4, -0.2) is 29.7 Å². The summed E-state index contributed by atoms with van der Waals surface area (Å²) in [6.45, 7) is 1.64. The second kappa shape index (κ2) is 6.89. The molecule has 0 spiro atoms. The van der Waals surface area contributed by atoms with Crippen molar-refractivity contribution in [1.29, 1.82) is 0 Å². The number of hydrogen-bond acceptors (Lipinski definition) is 4. The molecule has 3 rings (SSSR count). The Balaban J connectivity index is 1.63. The summed E-state index contributed by atoms with van der Waals surface area (Å²) in [6.07, 6.45) is 0. The van der Waals surface area contributed by atoms with Gasteiger partial charge in [0.25, 0.3) is 0 Å². The van der Waals surface area contributed by atoms with Crippen LogP contribution in [0.1, 0.15) is 0 Å². The second-order valence-electron chi connectivity index (χ2n) is 5.29. The number of rotatable bonds is 6. The fourth-order valence-corrected chi connectivity index (χ4v) is 2.48. The van der Waals surface area contributed by atoms with Crippen molar-refractivity contribution in [3.8, 4) is 5.75 Å². The normalized spacial score (nSPS) is 11.3. The molecular formula is C17H17ClN2O3. The summed E-state index contributed by atoms with van der Waals surface area (Å²) in [4.78, 5) is 14.0. The number of aromatic nitrogens is 1. The molecule has 0 unspecified atom stereocenters. The molecule has 0 saturated heterocycles. The first-order valence-electron chi connectivity index (χ1n) is 7.29. The molecule has 5 nitrogen and oxygen atoms in total. The average Bonchev–Trinajstić information content (AvgIpc) is 2.83. The largest absolute Gasteiger partial charge is 0.492 e. The number of ether oxygens (including phenoxy) is 1. The van der Waals surface area contributed by atoms with Gasteiger partial charge < -0.3 is 9.15 Å². The summed E-state index contributed by atoms with van der Waals surface area (Å²) < 4.78 is 12.5. The van der Waals surface area contributed by atoms with Crippen molar-refractivity contribution in [2.24, 2.45) is 0 Å². The van der Waals surface area contributed by atoms with Crippen molar-refractivity contribution in [2.45, 2.75) is 6.67 Å². The number of fused-ring (bicyclic) bond motifs is 1. The molecule has 120 valence electrons. The van der Waals surface area contributed by atoms with Gasteiger partial charge in [-0.25, -0.2) is 4.79 Å². The zero-order valence-corrected chi connectivity index (χ0v) is 13.5. The zero-order valence-electron chi connectivity index (χ0n) is 12.7. The van der Waals surface area contributed by atoms with E-state index < -0.39 is 5.76 Å². The van der Waals surface area contributed by atoms with E-state index in [1.54, 1.807) is 22.8 Å². The standard InChI is InChI=1S/C17H17ClN2O3/c1-19(9-10-22-14-5-3-2-4-6-14)12-20-15-8-7-13(18)11-16(15)23-17(20)21/h2-8,11H,9-10,12H2,1H3. The van der Waals surface area contributed by atoms with Gasteiger partial charge in [0.2, 0.25) is 0 Å². The third-order valence-corrected chi connectivity index (χ3v) is 3.73. The van der Waals surface area contributed by atoms with E-state index in [0.29, 0.717) is 30.4 Å². The number of halogens is 1. The smallest absolute Gasteiger partial charge is 0.421 e. The fourth-order valence-electron chi connectivity index (χ4n) is 2.32. The van der Waals surface area contributed by atoms with Gasteiger partial charge in [-0.05, 0) is 31.3 Å². The quantitative estimate of drug-likeness (QED) is 0.695. The van der Waals surface area contributed by atoms with E-state index in [4.69, 9.17) is 20.8 Å². The molecule has 0 N–H and O–H groups in total. The van der Waals surface area contributed by atoms with Crippen molar-refractivity contribution >= 4 is 22.7 Å². The highest BCUT2D eigenvalue weighted by Gasteiger charge is 2.11. The molecule has 0 amide bonds. The molecule has 3 aromatic rings. The summed E-state index contributed by atoms with van der Waals surface area (Å²) in [5.74, 6) is 0.444. The Labute approximate surface area is 138 Å². The molecule has 0 radical (unpaired) electrons. The van der Waals surface area contributed by atoms with E-state index in [1.165, 1.54) is 0 Å². The molecule has 1 aromatic heterocycles. The van der Waals surface area contributed by atoms with Crippen molar-refractivity contribution < 1.29 is 9.15 Å². The van der Waals surface area contributed by atoms with Crippen LogP contribution in [0.5, 0.6) is 5.75 Å². The van der Waals surface area contributed by atoms with Crippen molar-refractivity contribution in [3.05, 3.63) is 64.1 Å². The molecule has 1 heterocycles. The average molecular weight is 333 g/mol. The van der Waals surface area contributed by atoms with Gasteiger partial charge in [0, 0.05) is 17.6 Å². The van der Waals surface area contributed by atoms with Gasteiger partial charge in [0.15, 0.2) is 5.58 Å². The number of nitrogens with zero attached hydrogens (tertiary/aromatic N) is 2. The SMILES string of the molecule is CN(CCOc1ccccc1)Cn1c(=O)oc2cc(Cl)ccc21. The second-order valence-corrected chi connectivity index (χ2v) is 5.73. The minimum absolute atomic E-state index is 0.391. The molecule has 0 aliphatic carbocycles. The van der Waals surface area contributed by atoms with E-state index in [0.717, 1.165) is 11.3 Å². The molecule has 0 aliphatic heterocycles. The predicted octanol–water partition coefficient (Wildman–Crippen LogP) is 3.22. The van der Waals surface area contributed by atoms with E-state index in [1.807, 2.05) is 42.3 Å². The van der Waals surface area contributed by atoms with Crippen LogP contribution in [0.3, 0.4) is 0 Å². The van der Waals surface area contributed by atoms with Crippen LogP contribution >= 0.6 is 11.6 Å². The van der Waals surface area contributed by atoms with Crippen LogP contribution in [0.15, 0.2) is 57.7 Å². The maximum Gasteiger partial charge on any atom is 0.421 e. The van der Waals surface area contributed by atoms with Crippen LogP contribution < -0.4 is 10.5 Å². The highest BCUT2D eigenvalue weighted by atomic mass is 35.5. The number of hydrogen-bond donors (Lipinski definition) is 0. The Morgan fingerprint density at radius 3 is 2.78 bits per heavy atom. The molecule has 0 saturated carbocycles. The van der Waals surface area contributed by atoms with E-state index >= 15 is 0 Å². The summed E-state index contributed by atoms with van der Waals surface area (Å²) in [5.41, 5.74) is 1.23. The van der Waals surface area contributed by atoms with Crippen LogP contribution in [0, 0.1) is 0 Å². The topological polar surface area (TPSA) is 47.6 Å². The van der Waals surface area contributed by atoms with Gasteiger partial charge in [-0.15, -0.1) is 0 Å². The molecular weight excluding hydrogens is 316 g/mol. The van der Waals surface area contributed by atoms with Gasteiger partial charge in [0.1, 0.15) is 12.4 Å².